The molecule has 2 N–H and O–H groups in total. The van der Waals surface area contributed by atoms with E-state index in [9.17, 15) is 9.18 Å². The number of fused-ring (bicyclic) bond motifs is 1. The first-order valence-corrected chi connectivity index (χ1v) is 9.07. The third-order valence-electron chi connectivity index (χ3n) is 4.09. The van der Waals surface area contributed by atoms with E-state index in [0.29, 0.717) is 10.1 Å². The van der Waals surface area contributed by atoms with Crippen LogP contribution in [0.15, 0.2) is 69.8 Å². The third-order valence-corrected chi connectivity index (χ3v) is 4.99. The molecule has 7 heteroatoms. The molecule has 2 aromatic carbocycles. The number of nitrogens with one attached hydrogen (secondary N) is 2. The average molecular weight is 378 g/mol. The highest BCUT2D eigenvalue weighted by Crippen LogP contribution is 2.26. The van der Waals surface area contributed by atoms with E-state index in [2.05, 4.69) is 20.5 Å². The maximum absolute atomic E-state index is 13.0. The van der Waals surface area contributed by atoms with Gasteiger partial charge in [-0.2, -0.15) is 5.10 Å². The number of aromatic nitrogens is 1. The minimum atomic E-state index is -0.315. The number of nitrogens with zero attached hydrogens (tertiary/aromatic N) is 2. The second-order valence-corrected chi connectivity index (χ2v) is 6.99. The molecule has 4 rings (SSSR count). The van der Waals surface area contributed by atoms with Crippen molar-refractivity contribution in [3.8, 4) is 0 Å². The van der Waals surface area contributed by atoms with Crippen LogP contribution < -0.4 is 5.32 Å². The minimum Gasteiger partial charge on any atom is -0.360 e. The van der Waals surface area contributed by atoms with Crippen molar-refractivity contribution in [1.29, 1.82) is 0 Å². The largest absolute Gasteiger partial charge is 0.360 e. The van der Waals surface area contributed by atoms with Gasteiger partial charge in [-0.25, -0.2) is 4.39 Å². The lowest BCUT2D eigenvalue weighted by atomic mass is 10.1. The van der Waals surface area contributed by atoms with Crippen LogP contribution in [-0.4, -0.2) is 21.8 Å². The lowest BCUT2D eigenvalue weighted by molar-refractivity contribution is -0.115. The van der Waals surface area contributed by atoms with Gasteiger partial charge in [0.05, 0.1) is 10.6 Å². The second-order valence-electron chi connectivity index (χ2n) is 5.95. The summed E-state index contributed by atoms with van der Waals surface area (Å²) < 4.78 is 13.0. The number of amidine groups is 1. The van der Waals surface area contributed by atoms with Crippen molar-refractivity contribution in [2.24, 2.45) is 10.2 Å². The molecule has 0 spiro atoms. The number of halogens is 1. The summed E-state index contributed by atoms with van der Waals surface area (Å²) in [6.45, 7) is 1.87. The fourth-order valence-corrected chi connectivity index (χ4v) is 3.50. The van der Waals surface area contributed by atoms with E-state index in [-0.39, 0.29) is 11.7 Å². The quantitative estimate of drug-likeness (QED) is 0.405. The van der Waals surface area contributed by atoms with Gasteiger partial charge in [-0.3, -0.25) is 10.1 Å². The molecule has 1 aromatic heterocycles. The third kappa shape index (κ3) is 3.68. The van der Waals surface area contributed by atoms with Crippen LogP contribution in [0, 0.1) is 5.82 Å². The number of hydrogen-bond donors (Lipinski definition) is 2. The van der Waals surface area contributed by atoms with Gasteiger partial charge in [0.1, 0.15) is 5.82 Å². The summed E-state index contributed by atoms with van der Waals surface area (Å²) in [5.74, 6) is -0.562. The molecule has 3 aromatic rings. The monoisotopic (exact) mass is 378 g/mol. The van der Waals surface area contributed by atoms with Crippen molar-refractivity contribution < 1.29 is 9.18 Å². The van der Waals surface area contributed by atoms with Gasteiger partial charge in [0.2, 0.25) is 0 Å². The predicted octanol–water partition coefficient (Wildman–Crippen LogP) is 4.29. The second kappa shape index (κ2) is 7.20. The summed E-state index contributed by atoms with van der Waals surface area (Å²) in [6.07, 6.45) is 3.59. The molecule has 0 bridgehead atoms. The van der Waals surface area contributed by atoms with Crippen LogP contribution in [0.3, 0.4) is 0 Å². The molecular weight excluding hydrogens is 363 g/mol. The Morgan fingerprint density at radius 3 is 2.74 bits per heavy atom. The number of amides is 1. The Kier molecular flexibility index (Phi) is 4.60. The molecule has 1 saturated heterocycles. The molecule has 1 aliphatic heterocycles. The fraction of sp³-hybridized carbons (Fsp3) is 0.0500. The smallest absolute Gasteiger partial charge is 0.264 e. The van der Waals surface area contributed by atoms with Gasteiger partial charge in [0, 0.05) is 22.7 Å². The van der Waals surface area contributed by atoms with E-state index in [4.69, 9.17) is 0 Å². The van der Waals surface area contributed by atoms with Crippen molar-refractivity contribution in [1.82, 2.24) is 10.3 Å². The number of H-pyrrole nitrogens is 1. The molecule has 2 heterocycles. The summed E-state index contributed by atoms with van der Waals surface area (Å²) in [6, 6.07) is 13.9. The number of aromatic amines is 1. The van der Waals surface area contributed by atoms with Crippen LogP contribution in [0.4, 0.5) is 4.39 Å². The van der Waals surface area contributed by atoms with Crippen LogP contribution in [-0.2, 0) is 4.79 Å². The maximum Gasteiger partial charge on any atom is 0.264 e. The van der Waals surface area contributed by atoms with E-state index < -0.39 is 0 Å². The molecule has 0 aliphatic carbocycles. The summed E-state index contributed by atoms with van der Waals surface area (Å²) in [7, 11) is 0. The fourth-order valence-electron chi connectivity index (χ4n) is 2.73. The number of carbonyl (C=O) groups excluding carboxylic acids is 1. The Balaban J connectivity index is 1.55. The summed E-state index contributed by atoms with van der Waals surface area (Å²) >= 11 is 1.20. The van der Waals surface area contributed by atoms with Crippen LogP contribution in [0.25, 0.3) is 17.0 Å². The van der Waals surface area contributed by atoms with Crippen LogP contribution in [0.5, 0.6) is 0 Å². The van der Waals surface area contributed by atoms with E-state index in [1.54, 1.807) is 18.2 Å². The molecule has 0 atom stereocenters. The summed E-state index contributed by atoms with van der Waals surface area (Å²) in [5, 5.41) is 12.6. The predicted molar refractivity (Wildman–Crippen MR) is 108 cm³/mol. The van der Waals surface area contributed by atoms with Gasteiger partial charge in [0.15, 0.2) is 5.17 Å². The molecule has 5 nitrogen and oxygen atoms in total. The van der Waals surface area contributed by atoms with E-state index in [1.807, 2.05) is 37.4 Å². The minimum absolute atomic E-state index is 0.247. The standard InChI is InChI=1S/C20H15FN4OS/c1-12(16-11-22-17-5-3-2-4-15(16)17)24-25-20-23-19(26)18(27-20)10-13-6-8-14(21)9-7-13/h2-11,22H,1H3,(H,23,25,26)/b18-10+,24-12+. The van der Waals surface area contributed by atoms with Gasteiger partial charge >= 0.3 is 0 Å². The molecule has 1 amide bonds. The Hall–Kier alpha value is -3.19. The number of para-hydroxylation sites is 1. The lowest BCUT2D eigenvalue weighted by Crippen LogP contribution is -2.19. The Morgan fingerprint density at radius 1 is 1.15 bits per heavy atom. The first kappa shape index (κ1) is 17.2. The maximum atomic E-state index is 13.0. The highest BCUT2D eigenvalue weighted by atomic mass is 32.2. The number of rotatable bonds is 3. The van der Waals surface area contributed by atoms with E-state index in [1.165, 1.54) is 23.9 Å². The Morgan fingerprint density at radius 2 is 1.93 bits per heavy atom. The number of carbonyl (C=O) groups is 1. The van der Waals surface area contributed by atoms with Crippen LogP contribution in [0.2, 0.25) is 0 Å². The highest BCUT2D eigenvalue weighted by Gasteiger charge is 2.23. The molecule has 134 valence electrons. The molecule has 0 unspecified atom stereocenters. The zero-order valence-electron chi connectivity index (χ0n) is 14.4. The zero-order chi connectivity index (χ0) is 18.8. The molecule has 1 aliphatic rings. The summed E-state index contributed by atoms with van der Waals surface area (Å²) in [5.41, 5.74) is 3.48. The van der Waals surface area contributed by atoms with E-state index >= 15 is 0 Å². The van der Waals surface area contributed by atoms with Crippen molar-refractivity contribution in [3.63, 3.8) is 0 Å². The first-order valence-electron chi connectivity index (χ1n) is 8.25. The van der Waals surface area contributed by atoms with Crippen molar-refractivity contribution in [2.45, 2.75) is 6.92 Å². The lowest BCUT2D eigenvalue weighted by Gasteiger charge is -1.96. The number of thioether (sulfide) groups is 1. The SMILES string of the molecule is C/C(=N\N=C1\NC(=O)/C(=C\c2ccc(F)cc2)S1)c1c[nH]c2ccccc12. The normalized spacial score (nSPS) is 17.9. The Bertz CT molecular complexity index is 1110. The molecule has 0 radical (unpaired) electrons. The van der Waals surface area contributed by atoms with Gasteiger partial charge in [-0.1, -0.05) is 30.3 Å². The molecule has 0 saturated carbocycles. The van der Waals surface area contributed by atoms with Crippen molar-refractivity contribution in [2.75, 3.05) is 0 Å². The van der Waals surface area contributed by atoms with Crippen molar-refractivity contribution >= 4 is 45.5 Å². The van der Waals surface area contributed by atoms with Gasteiger partial charge in [-0.05, 0) is 48.5 Å². The van der Waals surface area contributed by atoms with Gasteiger partial charge in [-0.15, -0.1) is 5.10 Å². The van der Waals surface area contributed by atoms with E-state index in [0.717, 1.165) is 27.7 Å². The topological polar surface area (TPSA) is 69.6 Å². The molecular formula is C20H15FN4OS. The average Bonchev–Trinajstić information content (AvgIpc) is 3.25. The summed E-state index contributed by atoms with van der Waals surface area (Å²) in [4.78, 5) is 15.8. The first-order chi connectivity index (χ1) is 13.1. The molecule has 1 fully saturated rings. The number of hydrogen-bond acceptors (Lipinski definition) is 4. The Labute approximate surface area is 159 Å². The van der Waals surface area contributed by atoms with Crippen molar-refractivity contribution in [3.05, 3.63) is 76.6 Å². The van der Waals surface area contributed by atoms with Crippen LogP contribution >= 0.6 is 11.8 Å². The zero-order valence-corrected chi connectivity index (χ0v) is 15.2. The van der Waals surface area contributed by atoms with Gasteiger partial charge in [0.25, 0.3) is 5.91 Å². The van der Waals surface area contributed by atoms with Crippen LogP contribution in [0.1, 0.15) is 18.1 Å². The highest BCUT2D eigenvalue weighted by molar-refractivity contribution is 8.18. The van der Waals surface area contributed by atoms with Gasteiger partial charge < -0.3 is 4.98 Å². The number of benzene rings is 2. The molecule has 27 heavy (non-hydrogen) atoms.